The largest absolute Gasteiger partial charge is 0.430 e. The fourth-order valence-corrected chi connectivity index (χ4v) is 1.98. The van der Waals surface area contributed by atoms with E-state index in [9.17, 15) is 36.2 Å². The quantitative estimate of drug-likeness (QED) is 0.818. The number of aliphatic hydroxyl groups is 1. The van der Waals surface area contributed by atoms with Gasteiger partial charge in [0.15, 0.2) is 0 Å². The second-order valence-corrected chi connectivity index (χ2v) is 4.98. The van der Waals surface area contributed by atoms with Gasteiger partial charge in [0.2, 0.25) is 0 Å². The predicted octanol–water partition coefficient (Wildman–Crippen LogP) is 3.65. The molecule has 1 aromatic carbocycles. The molecule has 0 spiro atoms. The molecule has 25 heavy (non-hydrogen) atoms. The third kappa shape index (κ3) is 3.58. The Morgan fingerprint density at radius 2 is 1.52 bits per heavy atom. The smallest absolute Gasteiger partial charge is 0.369 e. The molecule has 4 nitrogen and oxygen atoms in total. The number of halogens is 6. The molecule has 0 aliphatic rings. The first kappa shape index (κ1) is 18.7. The molecule has 2 aromatic rings. The molecule has 0 fully saturated rings. The van der Waals surface area contributed by atoms with Crippen LogP contribution < -0.4 is 5.32 Å². The Labute approximate surface area is 137 Å². The first-order chi connectivity index (χ1) is 11.5. The van der Waals surface area contributed by atoms with Gasteiger partial charge in [-0.2, -0.15) is 26.3 Å². The van der Waals surface area contributed by atoms with Gasteiger partial charge in [-0.05, 0) is 24.3 Å². The highest BCUT2D eigenvalue weighted by Crippen LogP contribution is 2.50. The molecule has 1 heterocycles. The van der Waals surface area contributed by atoms with Crippen LogP contribution in [0.3, 0.4) is 0 Å². The zero-order valence-corrected chi connectivity index (χ0v) is 12.2. The van der Waals surface area contributed by atoms with E-state index in [4.69, 9.17) is 0 Å². The summed E-state index contributed by atoms with van der Waals surface area (Å²) in [5.41, 5.74) is -6.32. The summed E-state index contributed by atoms with van der Waals surface area (Å²) in [6, 6.07) is 5.44. The molecule has 1 amide bonds. The number of anilines is 1. The van der Waals surface area contributed by atoms with Crippen LogP contribution in [0.5, 0.6) is 0 Å². The fraction of sp³-hybridized carbons (Fsp3) is 0.200. The number of amides is 1. The number of aromatic nitrogens is 1. The van der Waals surface area contributed by atoms with Crippen molar-refractivity contribution in [2.24, 2.45) is 0 Å². The van der Waals surface area contributed by atoms with E-state index in [0.29, 0.717) is 12.1 Å². The second-order valence-electron chi connectivity index (χ2n) is 4.98. The molecule has 0 atom stereocenters. The fourth-order valence-electron chi connectivity index (χ4n) is 1.98. The second kappa shape index (κ2) is 6.36. The Hall–Kier alpha value is -2.62. The summed E-state index contributed by atoms with van der Waals surface area (Å²) >= 11 is 0. The molecule has 1 aromatic heterocycles. The van der Waals surface area contributed by atoms with Crippen LogP contribution in [0.15, 0.2) is 48.8 Å². The minimum atomic E-state index is -5.97. The predicted molar refractivity (Wildman–Crippen MR) is 74.6 cm³/mol. The summed E-state index contributed by atoms with van der Waals surface area (Å²) in [5, 5.41) is 11.6. The monoisotopic (exact) mass is 364 g/mol. The van der Waals surface area contributed by atoms with E-state index in [2.05, 4.69) is 10.3 Å². The van der Waals surface area contributed by atoms with Gasteiger partial charge >= 0.3 is 12.4 Å². The molecular formula is C15H10F6N2O2. The molecule has 2 rings (SSSR count). The van der Waals surface area contributed by atoms with Gasteiger partial charge in [0.25, 0.3) is 11.5 Å². The number of nitrogens with zero attached hydrogens (tertiary/aromatic N) is 1. The van der Waals surface area contributed by atoms with Gasteiger partial charge in [-0.25, -0.2) is 0 Å². The van der Waals surface area contributed by atoms with Gasteiger partial charge in [-0.1, -0.05) is 12.1 Å². The summed E-state index contributed by atoms with van der Waals surface area (Å²) < 4.78 is 76.6. The molecule has 10 heteroatoms. The van der Waals surface area contributed by atoms with E-state index in [1.807, 2.05) is 0 Å². The third-order valence-electron chi connectivity index (χ3n) is 3.30. The number of alkyl halides is 6. The molecular weight excluding hydrogens is 354 g/mol. The molecule has 0 unspecified atom stereocenters. The summed E-state index contributed by atoms with van der Waals surface area (Å²) in [5.74, 6) is -0.650. The van der Waals surface area contributed by atoms with Gasteiger partial charge in [0, 0.05) is 23.6 Å². The van der Waals surface area contributed by atoms with Crippen molar-refractivity contribution in [3.63, 3.8) is 0 Å². The maximum atomic E-state index is 12.8. The van der Waals surface area contributed by atoms with Crippen LogP contribution >= 0.6 is 0 Å². The number of pyridine rings is 1. The van der Waals surface area contributed by atoms with Gasteiger partial charge in [0.05, 0.1) is 5.56 Å². The standard InChI is InChI=1S/C15H10F6N2O2/c16-14(17,18)13(25,15(19,20)21)10-3-5-11(6-4-10)23-12(24)9-2-1-7-22-8-9/h1-8,25H,(H,23,24). The van der Waals surface area contributed by atoms with Crippen LogP contribution in [-0.2, 0) is 5.60 Å². The summed E-state index contributed by atoms with van der Waals surface area (Å²) in [7, 11) is 0. The average Bonchev–Trinajstić information content (AvgIpc) is 2.53. The van der Waals surface area contributed by atoms with Crippen molar-refractivity contribution in [2.45, 2.75) is 18.0 Å². The Morgan fingerprint density at radius 1 is 0.960 bits per heavy atom. The van der Waals surface area contributed by atoms with Crippen LogP contribution in [0, 0.1) is 0 Å². The van der Waals surface area contributed by atoms with Crippen molar-refractivity contribution >= 4 is 11.6 Å². The van der Waals surface area contributed by atoms with Crippen molar-refractivity contribution in [2.75, 3.05) is 5.32 Å². The van der Waals surface area contributed by atoms with Crippen molar-refractivity contribution in [1.29, 1.82) is 0 Å². The first-order valence-electron chi connectivity index (χ1n) is 6.64. The highest BCUT2D eigenvalue weighted by Gasteiger charge is 2.71. The summed E-state index contributed by atoms with van der Waals surface area (Å²) in [6.45, 7) is 0. The van der Waals surface area contributed by atoms with Gasteiger partial charge in [-0.15, -0.1) is 0 Å². The van der Waals surface area contributed by atoms with E-state index < -0.39 is 29.4 Å². The van der Waals surface area contributed by atoms with Crippen molar-refractivity contribution < 1.29 is 36.2 Å². The van der Waals surface area contributed by atoms with E-state index >= 15 is 0 Å². The minimum Gasteiger partial charge on any atom is -0.369 e. The lowest BCUT2D eigenvalue weighted by atomic mass is 9.92. The molecule has 0 aliphatic heterocycles. The molecule has 0 aliphatic carbocycles. The minimum absolute atomic E-state index is 0.0516. The van der Waals surface area contributed by atoms with Crippen LogP contribution in [0.25, 0.3) is 0 Å². The lowest BCUT2D eigenvalue weighted by Crippen LogP contribution is -2.53. The lowest BCUT2D eigenvalue weighted by Gasteiger charge is -2.32. The number of benzene rings is 1. The molecule has 134 valence electrons. The summed E-state index contributed by atoms with van der Waals surface area (Å²) in [4.78, 5) is 15.6. The number of carbonyl (C=O) groups excluding carboxylic acids is 1. The van der Waals surface area contributed by atoms with Crippen LogP contribution in [0.2, 0.25) is 0 Å². The first-order valence-corrected chi connectivity index (χ1v) is 6.64. The number of nitrogens with one attached hydrogen (secondary N) is 1. The van der Waals surface area contributed by atoms with E-state index in [-0.39, 0.29) is 11.3 Å². The van der Waals surface area contributed by atoms with Crippen molar-refractivity contribution in [1.82, 2.24) is 4.98 Å². The average molecular weight is 364 g/mol. The van der Waals surface area contributed by atoms with Crippen LogP contribution in [0.1, 0.15) is 15.9 Å². The number of rotatable bonds is 3. The van der Waals surface area contributed by atoms with Crippen molar-refractivity contribution in [3.05, 3.63) is 59.9 Å². The zero-order valence-electron chi connectivity index (χ0n) is 12.2. The maximum Gasteiger partial charge on any atom is 0.430 e. The normalized spacial score (nSPS) is 12.8. The van der Waals surface area contributed by atoms with Gasteiger partial charge < -0.3 is 10.4 Å². The van der Waals surface area contributed by atoms with Crippen LogP contribution in [-0.4, -0.2) is 28.4 Å². The Bertz CT molecular complexity index is 727. The zero-order chi connectivity index (χ0) is 18.9. The molecule has 0 saturated heterocycles. The number of hydrogen-bond acceptors (Lipinski definition) is 3. The third-order valence-corrected chi connectivity index (χ3v) is 3.30. The van der Waals surface area contributed by atoms with E-state index in [1.165, 1.54) is 24.5 Å². The topological polar surface area (TPSA) is 62.2 Å². The van der Waals surface area contributed by atoms with Gasteiger partial charge in [-0.3, -0.25) is 9.78 Å². The molecule has 2 N–H and O–H groups in total. The summed E-state index contributed by atoms with van der Waals surface area (Å²) in [6.07, 6.45) is -9.28. The molecule has 0 radical (unpaired) electrons. The van der Waals surface area contributed by atoms with Gasteiger partial charge in [0.1, 0.15) is 0 Å². The number of hydrogen-bond donors (Lipinski definition) is 2. The SMILES string of the molecule is O=C(Nc1ccc(C(O)(C(F)(F)F)C(F)(F)F)cc1)c1cccnc1. The lowest BCUT2D eigenvalue weighted by molar-refractivity contribution is -0.376. The maximum absolute atomic E-state index is 12.8. The van der Waals surface area contributed by atoms with E-state index in [0.717, 1.165) is 12.1 Å². The Balaban J connectivity index is 2.28. The highest BCUT2D eigenvalue weighted by molar-refractivity contribution is 6.03. The van der Waals surface area contributed by atoms with Crippen LogP contribution in [0.4, 0.5) is 32.0 Å². The molecule has 0 saturated carbocycles. The molecule has 0 bridgehead atoms. The Kier molecular flexibility index (Phi) is 4.76. The van der Waals surface area contributed by atoms with Crippen molar-refractivity contribution in [3.8, 4) is 0 Å². The van der Waals surface area contributed by atoms with E-state index in [1.54, 1.807) is 0 Å². The number of carbonyl (C=O) groups is 1. The highest BCUT2D eigenvalue weighted by atomic mass is 19.4. The Morgan fingerprint density at radius 3 is 1.96 bits per heavy atom.